The third-order valence-electron chi connectivity index (χ3n) is 2.74. The van der Waals surface area contributed by atoms with Crippen LogP contribution in [0.5, 0.6) is 0 Å². The van der Waals surface area contributed by atoms with Crippen LogP contribution in [0.1, 0.15) is 11.3 Å². The van der Waals surface area contributed by atoms with Gasteiger partial charge in [0.2, 0.25) is 0 Å². The molecule has 5 heteroatoms. The van der Waals surface area contributed by atoms with E-state index in [1.54, 1.807) is 11.1 Å². The Kier molecular flexibility index (Phi) is 3.93. The normalized spacial score (nSPS) is 15.7. The molecule has 0 saturated carbocycles. The standard InChI is InChI=1S/C12H16N2O3/c1-10-11(3-2-4-13-10)9-17-12(15)14-5-7-16-8-6-14/h2-4H,5-9H2,1H3. The Labute approximate surface area is 100 Å². The Hall–Kier alpha value is -1.62. The van der Waals surface area contributed by atoms with Crippen molar-refractivity contribution in [3.63, 3.8) is 0 Å². The molecule has 92 valence electrons. The number of morpholine rings is 1. The Morgan fingerprint density at radius 2 is 2.29 bits per heavy atom. The Morgan fingerprint density at radius 3 is 3.00 bits per heavy atom. The number of carbonyl (C=O) groups is 1. The lowest BCUT2D eigenvalue weighted by molar-refractivity contribution is 0.0249. The van der Waals surface area contributed by atoms with E-state index in [0.29, 0.717) is 26.3 Å². The zero-order chi connectivity index (χ0) is 12.1. The van der Waals surface area contributed by atoms with Crippen molar-refractivity contribution in [1.82, 2.24) is 9.88 Å². The van der Waals surface area contributed by atoms with E-state index >= 15 is 0 Å². The van der Waals surface area contributed by atoms with Crippen LogP contribution in [0.3, 0.4) is 0 Å². The molecule has 1 aromatic heterocycles. The molecule has 0 bridgehead atoms. The summed E-state index contributed by atoms with van der Waals surface area (Å²) in [4.78, 5) is 17.5. The second kappa shape index (κ2) is 5.63. The van der Waals surface area contributed by atoms with Gasteiger partial charge in [-0.15, -0.1) is 0 Å². The first-order chi connectivity index (χ1) is 8.27. The Bertz CT molecular complexity index is 389. The molecule has 0 radical (unpaired) electrons. The number of hydrogen-bond acceptors (Lipinski definition) is 4. The third-order valence-corrected chi connectivity index (χ3v) is 2.74. The van der Waals surface area contributed by atoms with Gasteiger partial charge in [0.25, 0.3) is 0 Å². The molecule has 0 atom stereocenters. The van der Waals surface area contributed by atoms with Crippen LogP contribution >= 0.6 is 0 Å². The summed E-state index contributed by atoms with van der Waals surface area (Å²) in [5.74, 6) is 0. The minimum atomic E-state index is -0.281. The largest absolute Gasteiger partial charge is 0.444 e. The minimum absolute atomic E-state index is 0.274. The van der Waals surface area contributed by atoms with Gasteiger partial charge in [0.05, 0.1) is 13.2 Å². The first-order valence-electron chi connectivity index (χ1n) is 5.67. The first kappa shape index (κ1) is 11.9. The molecule has 0 aliphatic carbocycles. The second-order valence-electron chi connectivity index (χ2n) is 3.90. The predicted molar refractivity (Wildman–Crippen MR) is 61.6 cm³/mol. The molecule has 2 heterocycles. The van der Waals surface area contributed by atoms with Crippen LogP contribution in [0.25, 0.3) is 0 Å². The minimum Gasteiger partial charge on any atom is -0.444 e. The Morgan fingerprint density at radius 1 is 1.53 bits per heavy atom. The van der Waals surface area contributed by atoms with Crippen molar-refractivity contribution in [2.75, 3.05) is 26.3 Å². The van der Waals surface area contributed by atoms with E-state index in [9.17, 15) is 4.79 Å². The van der Waals surface area contributed by atoms with Crippen LogP contribution in [-0.2, 0) is 16.1 Å². The summed E-state index contributed by atoms with van der Waals surface area (Å²) in [5.41, 5.74) is 1.83. The van der Waals surface area contributed by atoms with E-state index < -0.39 is 0 Å². The molecule has 0 aromatic carbocycles. The summed E-state index contributed by atoms with van der Waals surface area (Å²) in [6, 6.07) is 3.75. The monoisotopic (exact) mass is 236 g/mol. The average Bonchev–Trinajstić information content (AvgIpc) is 2.38. The first-order valence-corrected chi connectivity index (χ1v) is 5.67. The van der Waals surface area contributed by atoms with E-state index in [-0.39, 0.29) is 12.7 Å². The maximum Gasteiger partial charge on any atom is 0.410 e. The van der Waals surface area contributed by atoms with Crippen LogP contribution in [0.4, 0.5) is 4.79 Å². The number of hydrogen-bond donors (Lipinski definition) is 0. The fraction of sp³-hybridized carbons (Fsp3) is 0.500. The van der Waals surface area contributed by atoms with E-state index in [1.165, 1.54) is 0 Å². The van der Waals surface area contributed by atoms with Crippen LogP contribution in [0, 0.1) is 6.92 Å². The summed E-state index contributed by atoms with van der Waals surface area (Å²) in [5, 5.41) is 0. The molecule has 2 rings (SSSR count). The second-order valence-corrected chi connectivity index (χ2v) is 3.90. The smallest absolute Gasteiger partial charge is 0.410 e. The molecule has 1 amide bonds. The summed E-state index contributed by atoms with van der Waals surface area (Å²) in [6.45, 7) is 4.55. The molecule has 0 unspecified atom stereocenters. The lowest BCUT2D eigenvalue weighted by atomic mass is 10.2. The molecule has 1 aliphatic rings. The highest BCUT2D eigenvalue weighted by Gasteiger charge is 2.18. The molecule has 1 aliphatic heterocycles. The van der Waals surface area contributed by atoms with Gasteiger partial charge in [-0.3, -0.25) is 4.98 Å². The van der Waals surface area contributed by atoms with Gasteiger partial charge >= 0.3 is 6.09 Å². The fourth-order valence-electron chi connectivity index (χ4n) is 1.65. The summed E-state index contributed by atoms with van der Waals surface area (Å²) < 4.78 is 10.4. The molecule has 1 fully saturated rings. The van der Waals surface area contributed by atoms with Gasteiger partial charge in [0, 0.05) is 30.5 Å². The zero-order valence-electron chi connectivity index (χ0n) is 9.89. The van der Waals surface area contributed by atoms with Crippen molar-refractivity contribution < 1.29 is 14.3 Å². The fourth-order valence-corrected chi connectivity index (χ4v) is 1.65. The van der Waals surface area contributed by atoms with Crippen molar-refractivity contribution in [2.45, 2.75) is 13.5 Å². The van der Waals surface area contributed by atoms with Crippen molar-refractivity contribution in [2.24, 2.45) is 0 Å². The van der Waals surface area contributed by atoms with Crippen LogP contribution in [0.2, 0.25) is 0 Å². The van der Waals surface area contributed by atoms with Gasteiger partial charge in [-0.2, -0.15) is 0 Å². The number of pyridine rings is 1. The highest BCUT2D eigenvalue weighted by Crippen LogP contribution is 2.07. The lowest BCUT2D eigenvalue weighted by Crippen LogP contribution is -2.40. The number of rotatable bonds is 2. The topological polar surface area (TPSA) is 51.7 Å². The predicted octanol–water partition coefficient (Wildman–Crippen LogP) is 1.36. The maximum absolute atomic E-state index is 11.7. The average molecular weight is 236 g/mol. The molecule has 1 aromatic rings. The number of aryl methyl sites for hydroxylation is 1. The molecule has 1 saturated heterocycles. The third kappa shape index (κ3) is 3.17. The van der Waals surface area contributed by atoms with Gasteiger partial charge in [-0.25, -0.2) is 4.79 Å². The summed E-state index contributed by atoms with van der Waals surface area (Å²) in [6.07, 6.45) is 1.44. The van der Waals surface area contributed by atoms with Gasteiger partial charge in [-0.1, -0.05) is 6.07 Å². The van der Waals surface area contributed by atoms with Gasteiger partial charge < -0.3 is 14.4 Å². The molecule has 0 N–H and O–H groups in total. The number of aromatic nitrogens is 1. The Balaban J connectivity index is 1.85. The van der Waals surface area contributed by atoms with E-state index in [1.807, 2.05) is 19.1 Å². The molecular weight excluding hydrogens is 220 g/mol. The highest BCUT2D eigenvalue weighted by molar-refractivity contribution is 5.67. The van der Waals surface area contributed by atoms with Crippen LogP contribution < -0.4 is 0 Å². The van der Waals surface area contributed by atoms with Gasteiger partial charge in [-0.05, 0) is 13.0 Å². The molecule has 5 nitrogen and oxygen atoms in total. The number of nitrogens with zero attached hydrogens (tertiary/aromatic N) is 2. The van der Waals surface area contributed by atoms with Crippen molar-refractivity contribution in [3.8, 4) is 0 Å². The molecular formula is C12H16N2O3. The van der Waals surface area contributed by atoms with Crippen molar-refractivity contribution in [1.29, 1.82) is 0 Å². The van der Waals surface area contributed by atoms with Crippen molar-refractivity contribution in [3.05, 3.63) is 29.6 Å². The van der Waals surface area contributed by atoms with E-state index in [4.69, 9.17) is 9.47 Å². The van der Waals surface area contributed by atoms with Crippen molar-refractivity contribution >= 4 is 6.09 Å². The van der Waals surface area contributed by atoms with Gasteiger partial charge in [0.15, 0.2) is 0 Å². The lowest BCUT2D eigenvalue weighted by Gasteiger charge is -2.26. The molecule has 17 heavy (non-hydrogen) atoms. The number of ether oxygens (including phenoxy) is 2. The van der Waals surface area contributed by atoms with Crippen LogP contribution in [-0.4, -0.2) is 42.3 Å². The quantitative estimate of drug-likeness (QED) is 0.778. The van der Waals surface area contributed by atoms with Gasteiger partial charge in [0.1, 0.15) is 6.61 Å². The highest BCUT2D eigenvalue weighted by atomic mass is 16.6. The maximum atomic E-state index is 11.7. The number of carbonyl (C=O) groups excluding carboxylic acids is 1. The molecule has 0 spiro atoms. The number of amides is 1. The van der Waals surface area contributed by atoms with E-state index in [0.717, 1.165) is 11.3 Å². The zero-order valence-corrected chi connectivity index (χ0v) is 9.89. The van der Waals surface area contributed by atoms with E-state index in [2.05, 4.69) is 4.98 Å². The van der Waals surface area contributed by atoms with Crippen LogP contribution in [0.15, 0.2) is 18.3 Å². The summed E-state index contributed by atoms with van der Waals surface area (Å²) in [7, 11) is 0. The SMILES string of the molecule is Cc1ncccc1COC(=O)N1CCOCC1. The summed E-state index contributed by atoms with van der Waals surface area (Å²) >= 11 is 0.